The Bertz CT molecular complexity index is 1770. The van der Waals surface area contributed by atoms with E-state index in [2.05, 4.69) is 22.0 Å². The Morgan fingerprint density at radius 3 is 1.73 bits per heavy atom. The van der Waals surface area contributed by atoms with Gasteiger partial charge in [-0.1, -0.05) is 61.2 Å². The van der Waals surface area contributed by atoms with Crippen LogP contribution in [0, 0.1) is 0 Å². The number of sulfonamides is 1. The van der Waals surface area contributed by atoms with E-state index in [4.69, 9.17) is 14.2 Å². The van der Waals surface area contributed by atoms with E-state index >= 15 is 0 Å². The molecular weight excluding hydrogens is 578 g/mol. The van der Waals surface area contributed by atoms with Crippen LogP contribution in [0.5, 0.6) is 17.2 Å². The van der Waals surface area contributed by atoms with E-state index in [1.807, 2.05) is 72.8 Å². The van der Waals surface area contributed by atoms with E-state index in [1.165, 1.54) is 9.10 Å². The molecule has 0 unspecified atom stereocenters. The van der Waals surface area contributed by atoms with Crippen LogP contribution in [-0.4, -0.2) is 54.3 Å². The maximum atomic E-state index is 14.6. The summed E-state index contributed by atoms with van der Waals surface area (Å²) in [6.45, 7) is 4.50. The minimum Gasteiger partial charge on any atom is -0.497 e. The fourth-order valence-electron chi connectivity index (χ4n) is 4.71. The molecule has 0 saturated heterocycles. The molecular formula is C33H33N5O5S. The number of tetrazole rings is 1. The average molecular weight is 612 g/mol. The second-order valence-electron chi connectivity index (χ2n) is 9.89. The Labute approximate surface area is 257 Å². The second-order valence-corrected chi connectivity index (χ2v) is 11.8. The maximum absolute atomic E-state index is 14.6. The van der Waals surface area contributed by atoms with Gasteiger partial charge in [0.1, 0.15) is 17.2 Å². The van der Waals surface area contributed by atoms with Gasteiger partial charge in [-0.15, -0.1) is 10.2 Å². The highest BCUT2D eigenvalue weighted by atomic mass is 32.2. The lowest BCUT2D eigenvalue weighted by atomic mass is 10.1. The van der Waals surface area contributed by atoms with Crippen LogP contribution in [-0.2, 0) is 29.7 Å². The van der Waals surface area contributed by atoms with Gasteiger partial charge in [0, 0.05) is 13.1 Å². The van der Waals surface area contributed by atoms with Crippen molar-refractivity contribution >= 4 is 16.1 Å². The van der Waals surface area contributed by atoms with Crippen LogP contribution in [0.4, 0.5) is 0 Å². The van der Waals surface area contributed by atoms with Gasteiger partial charge in [-0.3, -0.25) is 0 Å². The monoisotopic (exact) mass is 611 g/mol. The molecule has 5 rings (SSSR count). The Hall–Kier alpha value is -5.00. The van der Waals surface area contributed by atoms with Gasteiger partial charge in [-0.2, -0.15) is 9.10 Å². The van der Waals surface area contributed by atoms with Crippen molar-refractivity contribution in [1.82, 2.24) is 24.5 Å². The van der Waals surface area contributed by atoms with Crippen LogP contribution in [0.2, 0.25) is 0 Å². The molecule has 0 fully saturated rings. The summed E-state index contributed by atoms with van der Waals surface area (Å²) in [4.78, 5) is 1.49. The summed E-state index contributed by atoms with van der Waals surface area (Å²) in [5.74, 6) is 2.29. The molecule has 0 atom stereocenters. The summed E-state index contributed by atoms with van der Waals surface area (Å²) < 4.78 is 46.4. The molecule has 0 amide bonds. The molecule has 0 spiro atoms. The van der Waals surface area contributed by atoms with Crippen molar-refractivity contribution < 1.29 is 22.6 Å². The molecule has 11 heteroatoms. The lowest BCUT2D eigenvalue weighted by molar-refractivity contribution is 0.397. The molecule has 0 bridgehead atoms. The third-order valence-electron chi connectivity index (χ3n) is 7.09. The normalized spacial score (nSPS) is 11.4. The van der Waals surface area contributed by atoms with Gasteiger partial charge < -0.3 is 14.2 Å². The molecule has 226 valence electrons. The summed E-state index contributed by atoms with van der Waals surface area (Å²) in [7, 11) is 0.680. The highest BCUT2D eigenvalue weighted by Crippen LogP contribution is 2.33. The van der Waals surface area contributed by atoms with Crippen molar-refractivity contribution in [1.29, 1.82) is 0 Å². The molecule has 0 aliphatic rings. The van der Waals surface area contributed by atoms with Crippen LogP contribution in [0.15, 0.2) is 102 Å². The molecule has 5 aromatic rings. The zero-order valence-electron chi connectivity index (χ0n) is 24.8. The third-order valence-corrected chi connectivity index (χ3v) is 8.93. The van der Waals surface area contributed by atoms with Gasteiger partial charge in [0.2, 0.25) is 15.8 Å². The van der Waals surface area contributed by atoms with E-state index in [-0.39, 0.29) is 23.8 Å². The van der Waals surface area contributed by atoms with Crippen molar-refractivity contribution in [3.8, 4) is 28.6 Å². The topological polar surface area (TPSA) is 109 Å². The second kappa shape index (κ2) is 13.5. The molecule has 44 heavy (non-hydrogen) atoms. The highest BCUT2D eigenvalue weighted by molar-refractivity contribution is 7.89. The maximum Gasteiger partial charge on any atom is 0.244 e. The van der Waals surface area contributed by atoms with E-state index in [1.54, 1.807) is 45.6 Å². The van der Waals surface area contributed by atoms with Crippen molar-refractivity contribution in [3.05, 3.63) is 120 Å². The summed E-state index contributed by atoms with van der Waals surface area (Å²) in [6.07, 6.45) is 1.59. The molecule has 1 aromatic heterocycles. The third kappa shape index (κ3) is 6.80. The predicted molar refractivity (Wildman–Crippen MR) is 168 cm³/mol. The lowest BCUT2D eigenvalue weighted by Gasteiger charge is -2.24. The Kier molecular flexibility index (Phi) is 9.37. The van der Waals surface area contributed by atoms with Crippen LogP contribution in [0.3, 0.4) is 0 Å². The Morgan fingerprint density at radius 2 is 1.25 bits per heavy atom. The van der Waals surface area contributed by atoms with E-state index in [9.17, 15) is 8.42 Å². The SMILES string of the molecule is C=Cc1cccc(S(=O)(=O)N(Cc2ccc(OC)cc2)Cc2ccc(OC)cc2)c1-c1nnn(Cc2ccc(OC)cc2)n1. The van der Waals surface area contributed by atoms with Gasteiger partial charge in [-0.25, -0.2) is 8.42 Å². The van der Waals surface area contributed by atoms with E-state index in [0.29, 0.717) is 29.2 Å². The van der Waals surface area contributed by atoms with Crippen LogP contribution in [0.25, 0.3) is 17.5 Å². The molecule has 0 saturated carbocycles. The van der Waals surface area contributed by atoms with Crippen molar-refractivity contribution in [2.75, 3.05) is 21.3 Å². The quantitative estimate of drug-likeness (QED) is 0.173. The van der Waals surface area contributed by atoms with Gasteiger partial charge in [0.25, 0.3) is 0 Å². The summed E-state index contributed by atoms with van der Waals surface area (Å²) in [5.41, 5.74) is 3.44. The first-order chi connectivity index (χ1) is 21.3. The van der Waals surface area contributed by atoms with E-state index < -0.39 is 10.0 Å². The fraction of sp³-hybridized carbons (Fsp3) is 0.182. The van der Waals surface area contributed by atoms with Gasteiger partial charge in [0.15, 0.2) is 0 Å². The summed E-state index contributed by atoms with van der Waals surface area (Å²) in [5, 5.41) is 13.1. The average Bonchev–Trinajstić information content (AvgIpc) is 3.53. The Morgan fingerprint density at radius 1 is 0.750 bits per heavy atom. The molecule has 1 heterocycles. The van der Waals surface area contributed by atoms with Gasteiger partial charge in [0.05, 0.1) is 38.3 Å². The number of benzene rings is 4. The molecule has 0 aliphatic carbocycles. The lowest BCUT2D eigenvalue weighted by Crippen LogP contribution is -2.31. The molecule has 10 nitrogen and oxygen atoms in total. The largest absolute Gasteiger partial charge is 0.497 e. The minimum atomic E-state index is -4.11. The van der Waals surface area contributed by atoms with Crippen LogP contribution in [0.1, 0.15) is 22.3 Å². The van der Waals surface area contributed by atoms with Crippen molar-refractivity contribution in [2.24, 2.45) is 0 Å². The number of ether oxygens (including phenoxy) is 3. The van der Waals surface area contributed by atoms with E-state index in [0.717, 1.165) is 22.4 Å². The summed E-state index contributed by atoms with van der Waals surface area (Å²) in [6, 6.07) is 27.2. The molecule has 0 aliphatic heterocycles. The zero-order chi connectivity index (χ0) is 31.1. The molecule has 4 aromatic carbocycles. The predicted octanol–water partition coefficient (Wildman–Crippen LogP) is 5.45. The minimum absolute atomic E-state index is 0.0564. The molecule has 0 radical (unpaired) electrons. The van der Waals surface area contributed by atoms with Gasteiger partial charge >= 0.3 is 0 Å². The number of aromatic nitrogens is 4. The van der Waals surface area contributed by atoms with Crippen LogP contribution < -0.4 is 14.2 Å². The zero-order valence-corrected chi connectivity index (χ0v) is 25.6. The number of methoxy groups -OCH3 is 3. The smallest absolute Gasteiger partial charge is 0.244 e. The fourth-order valence-corrected chi connectivity index (χ4v) is 6.34. The first-order valence-corrected chi connectivity index (χ1v) is 15.2. The first kappa shape index (κ1) is 30.5. The van der Waals surface area contributed by atoms with Gasteiger partial charge in [-0.05, 0) is 69.9 Å². The molecule has 0 N–H and O–H groups in total. The summed E-state index contributed by atoms with van der Waals surface area (Å²) >= 11 is 0. The highest BCUT2D eigenvalue weighted by Gasteiger charge is 2.30. The number of nitrogens with zero attached hydrogens (tertiary/aromatic N) is 5. The first-order valence-electron chi connectivity index (χ1n) is 13.8. The Balaban J connectivity index is 1.54. The van der Waals surface area contributed by atoms with Crippen molar-refractivity contribution in [3.63, 3.8) is 0 Å². The van der Waals surface area contributed by atoms with Crippen molar-refractivity contribution in [2.45, 2.75) is 24.5 Å². The van der Waals surface area contributed by atoms with Crippen LogP contribution >= 0.6 is 0 Å². The standard InChI is InChI=1S/C33H33N5O5S/c1-5-27-7-6-8-31(32(27)33-34-36-38(35-33)23-26-13-19-30(43-4)20-14-26)44(39,40)37(21-24-9-15-28(41-2)16-10-24)22-25-11-17-29(42-3)18-12-25/h5-20H,1,21-23H2,2-4H3. The number of rotatable bonds is 13. The number of hydrogen-bond acceptors (Lipinski definition) is 8. The number of hydrogen-bond donors (Lipinski definition) is 0.